The summed E-state index contributed by atoms with van der Waals surface area (Å²) in [6, 6.07) is 5.54. The summed E-state index contributed by atoms with van der Waals surface area (Å²) >= 11 is 0. The van der Waals surface area contributed by atoms with Crippen LogP contribution in [-0.2, 0) is 4.74 Å². The molecule has 20 heavy (non-hydrogen) atoms. The van der Waals surface area contributed by atoms with Gasteiger partial charge >= 0.3 is 6.09 Å². The van der Waals surface area contributed by atoms with Gasteiger partial charge in [0.25, 0.3) is 0 Å². The van der Waals surface area contributed by atoms with E-state index in [1.165, 1.54) is 37.1 Å². The smallest absolute Gasteiger partial charge is 0.411 e. The fraction of sp³-hybridized carbons (Fsp3) is 0.533. The summed E-state index contributed by atoms with van der Waals surface area (Å²) < 4.78 is 17.9. The van der Waals surface area contributed by atoms with Gasteiger partial charge in [-0.05, 0) is 37.1 Å². The summed E-state index contributed by atoms with van der Waals surface area (Å²) in [7, 11) is 0. The Bertz CT molecular complexity index is 440. The quantitative estimate of drug-likeness (QED) is 0.834. The molecule has 0 spiro atoms. The molecule has 1 amide bonds. The standard InChI is InChI=1S/C15H21FN2O2/c16-12-5-7-13(8-6-12)18-14(19)20-11-15(17)9-3-1-2-4-10-15/h5-8H,1-4,9-11,17H2,(H,18,19). The van der Waals surface area contributed by atoms with Crippen LogP contribution in [0.25, 0.3) is 0 Å². The summed E-state index contributed by atoms with van der Waals surface area (Å²) in [6.45, 7) is 0.222. The lowest BCUT2D eigenvalue weighted by Crippen LogP contribution is -2.45. The number of hydrogen-bond donors (Lipinski definition) is 2. The molecule has 3 N–H and O–H groups in total. The van der Waals surface area contributed by atoms with E-state index in [1.807, 2.05) is 0 Å². The van der Waals surface area contributed by atoms with E-state index in [-0.39, 0.29) is 12.4 Å². The summed E-state index contributed by atoms with van der Waals surface area (Å²) in [5.41, 5.74) is 6.36. The molecular weight excluding hydrogens is 259 g/mol. The second kappa shape index (κ2) is 6.70. The number of hydrogen-bond acceptors (Lipinski definition) is 3. The minimum atomic E-state index is -0.550. The van der Waals surface area contributed by atoms with Gasteiger partial charge in [0.1, 0.15) is 12.4 Å². The van der Waals surface area contributed by atoms with Crippen LogP contribution in [0.5, 0.6) is 0 Å². The Morgan fingerprint density at radius 3 is 2.40 bits per heavy atom. The number of nitrogens with one attached hydrogen (secondary N) is 1. The summed E-state index contributed by atoms with van der Waals surface area (Å²) in [4.78, 5) is 11.7. The first kappa shape index (κ1) is 14.8. The maximum Gasteiger partial charge on any atom is 0.411 e. The largest absolute Gasteiger partial charge is 0.447 e. The van der Waals surface area contributed by atoms with Gasteiger partial charge in [-0.3, -0.25) is 5.32 Å². The molecule has 1 aromatic rings. The number of carbonyl (C=O) groups is 1. The third kappa shape index (κ3) is 4.49. The molecule has 0 aromatic heterocycles. The SMILES string of the molecule is NC1(COC(=O)Nc2ccc(F)cc2)CCCCCC1. The van der Waals surface area contributed by atoms with E-state index in [2.05, 4.69) is 5.32 Å². The average molecular weight is 280 g/mol. The molecule has 0 heterocycles. The minimum absolute atomic E-state index is 0.222. The van der Waals surface area contributed by atoms with Crippen LogP contribution in [0.15, 0.2) is 24.3 Å². The van der Waals surface area contributed by atoms with Crippen molar-refractivity contribution < 1.29 is 13.9 Å². The van der Waals surface area contributed by atoms with Gasteiger partial charge in [0.05, 0.1) is 5.54 Å². The van der Waals surface area contributed by atoms with Crippen molar-refractivity contribution in [2.75, 3.05) is 11.9 Å². The van der Waals surface area contributed by atoms with Crippen molar-refractivity contribution in [1.29, 1.82) is 0 Å². The molecule has 4 nitrogen and oxygen atoms in total. The highest BCUT2D eigenvalue weighted by Crippen LogP contribution is 2.25. The van der Waals surface area contributed by atoms with E-state index in [0.717, 1.165) is 25.7 Å². The van der Waals surface area contributed by atoms with E-state index in [9.17, 15) is 9.18 Å². The van der Waals surface area contributed by atoms with Crippen molar-refractivity contribution in [3.05, 3.63) is 30.1 Å². The second-order valence-corrected chi connectivity index (χ2v) is 5.48. The highest BCUT2D eigenvalue weighted by atomic mass is 19.1. The van der Waals surface area contributed by atoms with Gasteiger partial charge in [-0.15, -0.1) is 0 Å². The zero-order valence-electron chi connectivity index (χ0n) is 11.5. The van der Waals surface area contributed by atoms with Gasteiger partial charge < -0.3 is 10.5 Å². The summed E-state index contributed by atoms with van der Waals surface area (Å²) in [5, 5.41) is 2.56. The molecule has 0 atom stereocenters. The zero-order valence-corrected chi connectivity index (χ0v) is 11.5. The van der Waals surface area contributed by atoms with Crippen molar-refractivity contribution in [2.45, 2.75) is 44.1 Å². The summed E-state index contributed by atoms with van der Waals surface area (Å²) in [5.74, 6) is -0.344. The van der Waals surface area contributed by atoms with Gasteiger partial charge in [-0.1, -0.05) is 25.7 Å². The van der Waals surface area contributed by atoms with Crippen molar-refractivity contribution >= 4 is 11.8 Å². The Kier molecular flexibility index (Phi) is 4.95. The predicted molar refractivity (Wildman–Crippen MR) is 76.0 cm³/mol. The average Bonchev–Trinajstić information content (AvgIpc) is 2.65. The van der Waals surface area contributed by atoms with Crippen LogP contribution < -0.4 is 11.1 Å². The lowest BCUT2D eigenvalue weighted by molar-refractivity contribution is 0.122. The first-order valence-electron chi connectivity index (χ1n) is 7.06. The lowest BCUT2D eigenvalue weighted by atomic mass is 9.93. The number of ether oxygens (including phenoxy) is 1. The van der Waals surface area contributed by atoms with Crippen LogP contribution in [0, 0.1) is 5.82 Å². The molecule has 1 aromatic carbocycles. The minimum Gasteiger partial charge on any atom is -0.447 e. The monoisotopic (exact) mass is 280 g/mol. The maximum absolute atomic E-state index is 12.7. The fourth-order valence-electron chi connectivity index (χ4n) is 2.47. The Balaban J connectivity index is 1.80. The molecule has 0 unspecified atom stereocenters. The van der Waals surface area contributed by atoms with E-state index in [4.69, 9.17) is 10.5 Å². The van der Waals surface area contributed by atoms with Gasteiger partial charge in [-0.2, -0.15) is 0 Å². The molecule has 0 saturated heterocycles. The number of amides is 1. The van der Waals surface area contributed by atoms with Gasteiger partial charge in [0.15, 0.2) is 0 Å². The molecule has 5 heteroatoms. The van der Waals surface area contributed by atoms with E-state index >= 15 is 0 Å². The lowest BCUT2D eigenvalue weighted by Gasteiger charge is -2.27. The van der Waals surface area contributed by atoms with Gasteiger partial charge in [0, 0.05) is 5.69 Å². The van der Waals surface area contributed by atoms with Crippen LogP contribution in [0.2, 0.25) is 0 Å². The zero-order chi connectivity index (χ0) is 14.4. The molecule has 0 aliphatic heterocycles. The first-order chi connectivity index (χ1) is 9.57. The normalized spacial score (nSPS) is 18.1. The predicted octanol–water partition coefficient (Wildman–Crippen LogP) is 3.43. The number of benzene rings is 1. The van der Waals surface area contributed by atoms with Crippen molar-refractivity contribution in [1.82, 2.24) is 0 Å². The molecule has 0 bridgehead atoms. The van der Waals surface area contributed by atoms with Crippen molar-refractivity contribution in [2.24, 2.45) is 5.73 Å². The number of rotatable bonds is 3. The molecule has 0 radical (unpaired) electrons. The molecular formula is C15H21FN2O2. The van der Waals surface area contributed by atoms with Crippen LogP contribution in [0.4, 0.5) is 14.9 Å². The molecule has 110 valence electrons. The van der Waals surface area contributed by atoms with Crippen molar-refractivity contribution in [3.8, 4) is 0 Å². The highest BCUT2D eigenvalue weighted by Gasteiger charge is 2.27. The van der Waals surface area contributed by atoms with E-state index < -0.39 is 11.6 Å². The van der Waals surface area contributed by atoms with Crippen LogP contribution in [0.1, 0.15) is 38.5 Å². The first-order valence-corrected chi connectivity index (χ1v) is 7.06. The summed E-state index contributed by atoms with van der Waals surface area (Å²) in [6.07, 6.45) is 5.78. The molecule has 1 aliphatic rings. The molecule has 1 aliphatic carbocycles. The highest BCUT2D eigenvalue weighted by molar-refractivity contribution is 5.84. The van der Waals surface area contributed by atoms with Crippen LogP contribution in [0.3, 0.4) is 0 Å². The van der Waals surface area contributed by atoms with Gasteiger partial charge in [-0.25, -0.2) is 9.18 Å². The number of nitrogens with two attached hydrogens (primary N) is 1. The van der Waals surface area contributed by atoms with Gasteiger partial charge in [0.2, 0.25) is 0 Å². The number of anilines is 1. The molecule has 1 fully saturated rings. The Morgan fingerprint density at radius 2 is 1.80 bits per heavy atom. The second-order valence-electron chi connectivity index (χ2n) is 5.48. The van der Waals surface area contributed by atoms with E-state index in [0.29, 0.717) is 5.69 Å². The third-order valence-corrected chi connectivity index (χ3v) is 3.68. The molecule has 2 rings (SSSR count). The number of halogens is 1. The molecule has 1 saturated carbocycles. The van der Waals surface area contributed by atoms with Crippen molar-refractivity contribution in [3.63, 3.8) is 0 Å². The Labute approximate surface area is 118 Å². The maximum atomic E-state index is 12.7. The Morgan fingerprint density at radius 1 is 1.20 bits per heavy atom. The van der Waals surface area contributed by atoms with Crippen LogP contribution >= 0.6 is 0 Å². The van der Waals surface area contributed by atoms with E-state index in [1.54, 1.807) is 0 Å². The fourth-order valence-corrected chi connectivity index (χ4v) is 2.47. The third-order valence-electron chi connectivity index (χ3n) is 3.68. The number of carbonyl (C=O) groups excluding carboxylic acids is 1. The van der Waals surface area contributed by atoms with Crippen LogP contribution in [-0.4, -0.2) is 18.2 Å². The Hall–Kier alpha value is -1.62. The topological polar surface area (TPSA) is 64.3 Å².